The van der Waals surface area contributed by atoms with Crippen LogP contribution < -0.4 is 10.4 Å². The highest BCUT2D eigenvalue weighted by atomic mass is 35.5. The van der Waals surface area contributed by atoms with E-state index in [0.717, 1.165) is 5.39 Å². The first-order valence-corrected chi connectivity index (χ1v) is 6.89. The molecule has 2 aromatic carbocycles. The molecule has 1 heterocycles. The normalized spacial score (nSPS) is 10.6. The first-order valence-electron chi connectivity index (χ1n) is 6.51. The second-order valence-electron chi connectivity index (χ2n) is 4.67. The molecule has 22 heavy (non-hydrogen) atoms. The van der Waals surface area contributed by atoms with Gasteiger partial charge in [-0.2, -0.15) is 0 Å². The Hall–Kier alpha value is -2.59. The van der Waals surface area contributed by atoms with Crippen molar-refractivity contribution in [3.8, 4) is 16.9 Å². The van der Waals surface area contributed by atoms with Crippen molar-refractivity contribution in [3.05, 3.63) is 64.5 Å². The highest BCUT2D eigenvalue weighted by molar-refractivity contribution is 6.67. The lowest BCUT2D eigenvalue weighted by Crippen LogP contribution is -2.04. The van der Waals surface area contributed by atoms with Crippen LogP contribution in [0.2, 0.25) is 0 Å². The van der Waals surface area contributed by atoms with Crippen molar-refractivity contribution >= 4 is 27.8 Å². The molecule has 1 aromatic heterocycles. The van der Waals surface area contributed by atoms with Crippen LogP contribution in [-0.4, -0.2) is 12.4 Å². The predicted octanol–water partition coefficient (Wildman–Crippen LogP) is 3.85. The van der Waals surface area contributed by atoms with Crippen LogP contribution >= 0.6 is 11.6 Å². The smallest absolute Gasteiger partial charge is 0.344 e. The van der Waals surface area contributed by atoms with E-state index in [-0.39, 0.29) is 5.56 Å². The molecule has 0 saturated carbocycles. The molecular formula is C17H11ClO4. The summed E-state index contributed by atoms with van der Waals surface area (Å²) < 4.78 is 10.6. The van der Waals surface area contributed by atoms with Crippen molar-refractivity contribution in [3.63, 3.8) is 0 Å². The fourth-order valence-corrected chi connectivity index (χ4v) is 2.41. The van der Waals surface area contributed by atoms with Gasteiger partial charge in [-0.1, -0.05) is 18.2 Å². The van der Waals surface area contributed by atoms with Gasteiger partial charge in [0.15, 0.2) is 0 Å². The van der Waals surface area contributed by atoms with Crippen molar-refractivity contribution < 1.29 is 13.9 Å². The fraction of sp³-hybridized carbons (Fsp3) is 0.0588. The zero-order valence-electron chi connectivity index (χ0n) is 11.6. The maximum Gasteiger partial charge on any atom is 0.344 e. The number of carbonyl (C=O) groups is 1. The third-order valence-electron chi connectivity index (χ3n) is 3.36. The quantitative estimate of drug-likeness (QED) is 0.544. The summed E-state index contributed by atoms with van der Waals surface area (Å²) in [6, 6.07) is 13.6. The summed E-state index contributed by atoms with van der Waals surface area (Å²) in [5.41, 5.74) is 1.06. The molecule has 0 radical (unpaired) electrons. The molecule has 110 valence electrons. The molecule has 0 unspecified atom stereocenters. The van der Waals surface area contributed by atoms with Gasteiger partial charge < -0.3 is 9.15 Å². The second kappa shape index (κ2) is 5.66. The lowest BCUT2D eigenvalue weighted by molar-refractivity contribution is 0.108. The SMILES string of the molecule is COc1ccc(C(=O)Cl)cc1-c1cc2ccccc2oc1=O. The maximum absolute atomic E-state index is 12.2. The van der Waals surface area contributed by atoms with Gasteiger partial charge in [0.2, 0.25) is 0 Å². The fourth-order valence-electron chi connectivity index (χ4n) is 2.29. The second-order valence-corrected chi connectivity index (χ2v) is 5.02. The molecule has 0 aliphatic heterocycles. The molecule has 0 saturated heterocycles. The summed E-state index contributed by atoms with van der Waals surface area (Å²) in [4.78, 5) is 23.6. The molecule has 0 bridgehead atoms. The molecular weight excluding hydrogens is 304 g/mol. The van der Waals surface area contributed by atoms with Gasteiger partial charge in [0.25, 0.3) is 5.24 Å². The summed E-state index contributed by atoms with van der Waals surface area (Å²) >= 11 is 5.51. The van der Waals surface area contributed by atoms with Crippen LogP contribution in [0.1, 0.15) is 10.4 Å². The van der Waals surface area contributed by atoms with E-state index in [1.165, 1.54) is 13.2 Å². The summed E-state index contributed by atoms with van der Waals surface area (Å²) in [6.07, 6.45) is 0. The Kier molecular flexibility index (Phi) is 3.69. The van der Waals surface area contributed by atoms with Crippen molar-refractivity contribution in [1.82, 2.24) is 0 Å². The highest BCUT2D eigenvalue weighted by Crippen LogP contribution is 2.31. The zero-order chi connectivity index (χ0) is 15.7. The number of carbonyl (C=O) groups excluding carboxylic acids is 1. The standard InChI is InChI=1S/C17H11ClO4/c1-21-15-7-6-11(16(18)19)9-12(15)13-8-10-4-2-3-5-14(10)22-17(13)20/h2-9H,1H3. The zero-order valence-corrected chi connectivity index (χ0v) is 12.4. The molecule has 0 spiro atoms. The number of hydrogen-bond acceptors (Lipinski definition) is 4. The van der Waals surface area contributed by atoms with E-state index in [4.69, 9.17) is 20.8 Å². The van der Waals surface area contributed by atoms with Gasteiger partial charge in [-0.25, -0.2) is 4.79 Å². The van der Waals surface area contributed by atoms with Gasteiger partial charge in [0.1, 0.15) is 11.3 Å². The number of hydrogen-bond donors (Lipinski definition) is 0. The Morgan fingerprint density at radius 1 is 1.09 bits per heavy atom. The molecule has 4 nitrogen and oxygen atoms in total. The van der Waals surface area contributed by atoms with Crippen LogP contribution in [-0.2, 0) is 0 Å². The Morgan fingerprint density at radius 3 is 2.59 bits per heavy atom. The van der Waals surface area contributed by atoms with Crippen molar-refractivity contribution in [2.24, 2.45) is 0 Å². The Labute approximate surface area is 130 Å². The van der Waals surface area contributed by atoms with E-state index in [1.807, 2.05) is 12.1 Å². The number of fused-ring (bicyclic) bond motifs is 1. The van der Waals surface area contributed by atoms with Crippen LogP contribution in [0.25, 0.3) is 22.1 Å². The summed E-state index contributed by atoms with van der Waals surface area (Å²) in [6.45, 7) is 0. The molecule has 3 aromatic rings. The van der Waals surface area contributed by atoms with Crippen molar-refractivity contribution in [2.75, 3.05) is 7.11 Å². The first-order chi connectivity index (χ1) is 10.6. The van der Waals surface area contributed by atoms with Gasteiger partial charge >= 0.3 is 5.63 Å². The van der Waals surface area contributed by atoms with Crippen LogP contribution in [0.15, 0.2) is 57.7 Å². The first kappa shape index (κ1) is 14.4. The third-order valence-corrected chi connectivity index (χ3v) is 3.58. The summed E-state index contributed by atoms with van der Waals surface area (Å²) in [5, 5.41) is 0.177. The molecule has 3 rings (SSSR count). The summed E-state index contributed by atoms with van der Waals surface area (Å²) in [5.74, 6) is 0.462. The number of methoxy groups -OCH3 is 1. The van der Waals surface area contributed by atoms with E-state index in [9.17, 15) is 9.59 Å². The molecule has 5 heteroatoms. The highest BCUT2D eigenvalue weighted by Gasteiger charge is 2.15. The van der Waals surface area contributed by atoms with Crippen molar-refractivity contribution in [2.45, 2.75) is 0 Å². The van der Waals surface area contributed by atoms with Gasteiger partial charge in [-0.15, -0.1) is 0 Å². The van der Waals surface area contributed by atoms with Gasteiger partial charge in [0.05, 0.1) is 12.7 Å². The average Bonchev–Trinajstić information content (AvgIpc) is 2.53. The maximum atomic E-state index is 12.2. The average molecular weight is 315 g/mol. The van der Waals surface area contributed by atoms with Gasteiger partial charge in [0, 0.05) is 16.5 Å². The van der Waals surface area contributed by atoms with Crippen molar-refractivity contribution in [1.29, 1.82) is 0 Å². The Bertz CT molecular complexity index is 927. The van der Waals surface area contributed by atoms with Crippen LogP contribution in [0.3, 0.4) is 0 Å². The molecule has 0 atom stereocenters. The molecule has 0 aliphatic carbocycles. The lowest BCUT2D eigenvalue weighted by atomic mass is 10.0. The largest absolute Gasteiger partial charge is 0.496 e. The van der Waals surface area contributed by atoms with E-state index >= 15 is 0 Å². The predicted molar refractivity (Wildman–Crippen MR) is 84.7 cm³/mol. The number of benzene rings is 2. The molecule has 0 amide bonds. The Balaban J connectivity index is 2.30. The number of ether oxygens (including phenoxy) is 1. The molecule has 0 fully saturated rings. The minimum absolute atomic E-state index is 0.282. The molecule has 0 aliphatic rings. The van der Waals surface area contributed by atoms with Crippen LogP contribution in [0.5, 0.6) is 5.75 Å². The van der Waals surface area contributed by atoms with Crippen LogP contribution in [0, 0.1) is 0 Å². The third kappa shape index (κ3) is 2.49. The minimum atomic E-state index is -0.603. The van der Waals surface area contributed by atoms with E-state index in [1.54, 1.807) is 30.3 Å². The number of rotatable bonds is 3. The van der Waals surface area contributed by atoms with Gasteiger partial charge in [-0.05, 0) is 41.9 Å². The van der Waals surface area contributed by atoms with E-state index in [0.29, 0.717) is 22.5 Å². The number of para-hydroxylation sites is 1. The van der Waals surface area contributed by atoms with Gasteiger partial charge in [-0.3, -0.25) is 4.79 Å². The van der Waals surface area contributed by atoms with E-state index < -0.39 is 10.9 Å². The topological polar surface area (TPSA) is 56.5 Å². The number of halogens is 1. The van der Waals surface area contributed by atoms with Crippen LogP contribution in [0.4, 0.5) is 0 Å². The Morgan fingerprint density at radius 2 is 1.86 bits per heavy atom. The summed E-state index contributed by atoms with van der Waals surface area (Å²) in [7, 11) is 1.49. The molecule has 0 N–H and O–H groups in total. The lowest BCUT2D eigenvalue weighted by Gasteiger charge is -2.09. The van der Waals surface area contributed by atoms with E-state index in [2.05, 4.69) is 0 Å². The monoisotopic (exact) mass is 314 g/mol. The minimum Gasteiger partial charge on any atom is -0.496 e.